The Labute approximate surface area is 178 Å². The zero-order valence-corrected chi connectivity index (χ0v) is 18.4. The largest absolute Gasteiger partial charge is 0.383 e. The number of aryl methyl sites for hydroxylation is 2. The molecule has 2 heterocycles. The molecule has 4 rings (SSSR count). The van der Waals surface area contributed by atoms with Crippen LogP contribution in [0, 0.1) is 0 Å². The van der Waals surface area contributed by atoms with Gasteiger partial charge in [-0.3, -0.25) is 18.7 Å². The Morgan fingerprint density at radius 3 is 2.73 bits per heavy atom. The van der Waals surface area contributed by atoms with E-state index in [1.165, 1.54) is 34.1 Å². The van der Waals surface area contributed by atoms with Crippen molar-refractivity contribution in [3.05, 3.63) is 67.2 Å². The van der Waals surface area contributed by atoms with E-state index in [4.69, 9.17) is 4.74 Å². The Morgan fingerprint density at radius 1 is 1.27 bits per heavy atom. The summed E-state index contributed by atoms with van der Waals surface area (Å²) in [6, 6.07) is 9.65. The van der Waals surface area contributed by atoms with Crippen molar-refractivity contribution < 1.29 is 9.53 Å². The van der Waals surface area contributed by atoms with Gasteiger partial charge in [0.15, 0.2) is 0 Å². The summed E-state index contributed by atoms with van der Waals surface area (Å²) in [4.78, 5) is 41.4. The molecule has 30 heavy (non-hydrogen) atoms. The van der Waals surface area contributed by atoms with Crippen molar-refractivity contribution in [3.63, 3.8) is 0 Å². The first-order chi connectivity index (χ1) is 14.3. The number of ether oxygens (including phenoxy) is 1. The van der Waals surface area contributed by atoms with E-state index in [0.717, 1.165) is 17.4 Å². The van der Waals surface area contributed by atoms with Crippen LogP contribution in [0.2, 0.25) is 0 Å². The standard InChI is InChI=1S/C22H25N3O4S/c1-13(12-29-4)25(17-10-9-14-7-5-6-8-15(14)17)20(27)18-11-16-19(26)23(2)22(28)24(3)21(16)30-18/h5-8,11,13,17H,9-10,12H2,1-4H3. The molecule has 0 saturated carbocycles. The van der Waals surface area contributed by atoms with Crippen LogP contribution in [0.15, 0.2) is 39.9 Å². The Morgan fingerprint density at radius 2 is 2.00 bits per heavy atom. The number of hydrogen-bond acceptors (Lipinski definition) is 5. The molecule has 7 nitrogen and oxygen atoms in total. The molecule has 0 spiro atoms. The maximum atomic E-state index is 13.7. The van der Waals surface area contributed by atoms with Gasteiger partial charge in [0.2, 0.25) is 0 Å². The highest BCUT2D eigenvalue weighted by Gasteiger charge is 2.35. The molecule has 1 aliphatic carbocycles. The molecule has 1 aliphatic rings. The number of carbonyl (C=O) groups is 1. The first-order valence-electron chi connectivity index (χ1n) is 9.94. The molecule has 1 aromatic carbocycles. The Hall–Kier alpha value is -2.71. The number of amides is 1. The van der Waals surface area contributed by atoms with E-state index in [2.05, 4.69) is 12.1 Å². The number of rotatable bonds is 5. The van der Waals surface area contributed by atoms with E-state index in [1.807, 2.05) is 24.0 Å². The molecule has 2 atom stereocenters. The van der Waals surface area contributed by atoms with Gasteiger partial charge < -0.3 is 9.64 Å². The Kier molecular flexibility index (Phi) is 5.38. The summed E-state index contributed by atoms with van der Waals surface area (Å²) < 4.78 is 7.85. The summed E-state index contributed by atoms with van der Waals surface area (Å²) in [6.07, 6.45) is 1.77. The van der Waals surface area contributed by atoms with Crippen LogP contribution in [-0.4, -0.2) is 39.7 Å². The van der Waals surface area contributed by atoms with Crippen molar-refractivity contribution in [2.75, 3.05) is 13.7 Å². The van der Waals surface area contributed by atoms with Gasteiger partial charge >= 0.3 is 5.69 Å². The summed E-state index contributed by atoms with van der Waals surface area (Å²) in [5.41, 5.74) is 1.64. The predicted octanol–water partition coefficient (Wildman–Crippen LogP) is 2.46. The average molecular weight is 428 g/mol. The average Bonchev–Trinajstić information content (AvgIpc) is 3.36. The molecular weight excluding hydrogens is 402 g/mol. The van der Waals surface area contributed by atoms with Crippen LogP contribution in [0.1, 0.15) is 40.2 Å². The zero-order valence-electron chi connectivity index (χ0n) is 17.5. The Bertz CT molecular complexity index is 1240. The lowest BCUT2D eigenvalue weighted by Crippen LogP contribution is -2.42. The minimum Gasteiger partial charge on any atom is -0.383 e. The van der Waals surface area contributed by atoms with Gasteiger partial charge in [-0.25, -0.2) is 4.79 Å². The van der Waals surface area contributed by atoms with Crippen molar-refractivity contribution in [1.82, 2.24) is 14.0 Å². The van der Waals surface area contributed by atoms with Gasteiger partial charge in [0.1, 0.15) is 4.83 Å². The van der Waals surface area contributed by atoms with E-state index in [9.17, 15) is 14.4 Å². The third-order valence-electron chi connectivity index (χ3n) is 5.89. The van der Waals surface area contributed by atoms with Crippen LogP contribution < -0.4 is 11.2 Å². The predicted molar refractivity (Wildman–Crippen MR) is 117 cm³/mol. The molecule has 2 unspecified atom stereocenters. The maximum absolute atomic E-state index is 13.7. The number of thiophene rings is 1. The van der Waals surface area contributed by atoms with Gasteiger partial charge in [-0.1, -0.05) is 24.3 Å². The lowest BCUT2D eigenvalue weighted by molar-refractivity contribution is 0.0434. The first-order valence-corrected chi connectivity index (χ1v) is 10.8. The van der Waals surface area contributed by atoms with Crippen LogP contribution in [0.25, 0.3) is 10.2 Å². The highest BCUT2D eigenvalue weighted by Crippen LogP contribution is 2.38. The van der Waals surface area contributed by atoms with E-state index in [0.29, 0.717) is 21.7 Å². The number of hydrogen-bond donors (Lipinski definition) is 0. The summed E-state index contributed by atoms with van der Waals surface area (Å²) >= 11 is 1.19. The summed E-state index contributed by atoms with van der Waals surface area (Å²) in [5.74, 6) is -0.142. The molecule has 0 fully saturated rings. The van der Waals surface area contributed by atoms with E-state index in [1.54, 1.807) is 20.2 Å². The molecule has 158 valence electrons. The summed E-state index contributed by atoms with van der Waals surface area (Å²) in [5, 5.41) is 0.388. The second-order valence-electron chi connectivity index (χ2n) is 7.81. The number of methoxy groups -OCH3 is 1. The summed E-state index contributed by atoms with van der Waals surface area (Å²) in [7, 11) is 4.69. The fourth-order valence-electron chi connectivity index (χ4n) is 4.39. The zero-order chi connectivity index (χ0) is 21.6. The second-order valence-corrected chi connectivity index (χ2v) is 8.84. The molecule has 0 aliphatic heterocycles. The minimum atomic E-state index is -0.400. The SMILES string of the molecule is COCC(C)N(C(=O)c1cc2c(=O)n(C)c(=O)n(C)c2s1)C1CCc2ccccc21. The third-order valence-corrected chi connectivity index (χ3v) is 7.09. The van der Waals surface area contributed by atoms with Crippen LogP contribution in [0.4, 0.5) is 0 Å². The van der Waals surface area contributed by atoms with Gasteiger partial charge in [-0.05, 0) is 37.0 Å². The molecule has 0 saturated heterocycles. The molecule has 2 aromatic heterocycles. The van der Waals surface area contributed by atoms with Crippen LogP contribution in [0.3, 0.4) is 0 Å². The molecule has 8 heteroatoms. The number of fused-ring (bicyclic) bond motifs is 2. The topological polar surface area (TPSA) is 73.5 Å². The van der Waals surface area contributed by atoms with Gasteiger partial charge in [0.05, 0.1) is 29.0 Å². The van der Waals surface area contributed by atoms with E-state index < -0.39 is 5.69 Å². The molecule has 0 N–H and O–H groups in total. The van der Waals surface area contributed by atoms with Crippen LogP contribution >= 0.6 is 11.3 Å². The number of nitrogens with zero attached hydrogens (tertiary/aromatic N) is 3. The van der Waals surface area contributed by atoms with Gasteiger partial charge in [-0.2, -0.15) is 0 Å². The fourth-order valence-corrected chi connectivity index (χ4v) is 5.44. The van der Waals surface area contributed by atoms with E-state index >= 15 is 0 Å². The third kappa shape index (κ3) is 3.20. The monoisotopic (exact) mass is 427 g/mol. The van der Waals surface area contributed by atoms with Crippen LogP contribution in [-0.2, 0) is 25.3 Å². The molecule has 0 bridgehead atoms. The first kappa shape index (κ1) is 20.6. The fraction of sp³-hybridized carbons (Fsp3) is 0.409. The van der Waals surface area contributed by atoms with Crippen molar-refractivity contribution in [1.29, 1.82) is 0 Å². The number of benzene rings is 1. The number of carbonyl (C=O) groups excluding carboxylic acids is 1. The normalized spacial score (nSPS) is 16.6. The van der Waals surface area contributed by atoms with Gasteiger partial charge in [0, 0.05) is 21.2 Å². The molecular formula is C22H25N3O4S. The van der Waals surface area contributed by atoms with E-state index in [-0.39, 0.29) is 23.6 Å². The van der Waals surface area contributed by atoms with Gasteiger partial charge in [0.25, 0.3) is 11.5 Å². The lowest BCUT2D eigenvalue weighted by Gasteiger charge is -2.34. The van der Waals surface area contributed by atoms with Crippen molar-refractivity contribution in [3.8, 4) is 0 Å². The lowest BCUT2D eigenvalue weighted by atomic mass is 10.0. The smallest absolute Gasteiger partial charge is 0.331 e. The maximum Gasteiger partial charge on any atom is 0.331 e. The van der Waals surface area contributed by atoms with Crippen molar-refractivity contribution >= 4 is 27.5 Å². The summed E-state index contributed by atoms with van der Waals surface area (Å²) in [6.45, 7) is 2.39. The van der Waals surface area contributed by atoms with Crippen molar-refractivity contribution in [2.45, 2.75) is 31.8 Å². The van der Waals surface area contributed by atoms with Crippen LogP contribution in [0.5, 0.6) is 0 Å². The molecule has 1 amide bonds. The Balaban J connectivity index is 1.82. The second kappa shape index (κ2) is 7.85. The quantitative estimate of drug-likeness (QED) is 0.627. The minimum absolute atomic E-state index is 0.0456. The molecule has 0 radical (unpaired) electrons. The molecule has 3 aromatic rings. The highest BCUT2D eigenvalue weighted by atomic mass is 32.1. The highest BCUT2D eigenvalue weighted by molar-refractivity contribution is 7.20. The van der Waals surface area contributed by atoms with Gasteiger partial charge in [-0.15, -0.1) is 11.3 Å². The number of aromatic nitrogens is 2. The van der Waals surface area contributed by atoms with Crippen molar-refractivity contribution in [2.24, 2.45) is 14.1 Å².